The monoisotopic (exact) mass is 401 g/mol. The zero-order valence-electron chi connectivity index (χ0n) is 16.5. The predicted octanol–water partition coefficient (Wildman–Crippen LogP) is 0.575. The first kappa shape index (κ1) is 20.4. The molecule has 0 unspecified atom stereocenters. The fraction of sp³-hybridized carbons (Fsp3) is 0.889. The average Bonchev–Trinajstić information content (AvgIpc) is 3.19. The molecule has 27 heavy (non-hydrogen) atoms. The molecule has 0 radical (unpaired) electrons. The third-order valence-electron chi connectivity index (χ3n) is 5.54. The van der Waals surface area contributed by atoms with Crippen molar-refractivity contribution in [2.75, 3.05) is 50.8 Å². The van der Waals surface area contributed by atoms with Crippen molar-refractivity contribution in [3.05, 3.63) is 0 Å². The van der Waals surface area contributed by atoms with Gasteiger partial charge < -0.3 is 14.5 Å². The highest BCUT2D eigenvalue weighted by Gasteiger charge is 2.39. The zero-order valence-corrected chi connectivity index (χ0v) is 17.3. The van der Waals surface area contributed by atoms with Crippen molar-refractivity contribution < 1.29 is 22.7 Å². The van der Waals surface area contributed by atoms with Crippen molar-refractivity contribution in [1.29, 1.82) is 0 Å². The minimum atomic E-state index is -3.04. The number of hydrogen-bond donors (Lipinski definition) is 0. The van der Waals surface area contributed by atoms with Crippen LogP contribution in [-0.2, 0) is 19.4 Å². The van der Waals surface area contributed by atoms with Gasteiger partial charge in [0.25, 0.3) is 0 Å². The van der Waals surface area contributed by atoms with E-state index in [4.69, 9.17) is 4.74 Å². The summed E-state index contributed by atoms with van der Waals surface area (Å²) in [5.74, 6) is -0.238. The molecule has 3 saturated heterocycles. The standard InChI is InChI=1S/C18H31N3O5S/c1-18(2,3)26-17(23)20-9-7-19(8-10-20)15-4-6-21(12-15)16(22)14-5-11-27(24,25)13-14/h14-15H,4-13H2,1-3H3/t14-,15-/m0/s1. The molecule has 0 aromatic rings. The lowest BCUT2D eigenvalue weighted by Crippen LogP contribution is -2.53. The SMILES string of the molecule is CC(C)(C)OC(=O)N1CCN([C@H]2CCN(C(=O)[C@H]3CCS(=O)(=O)C3)C2)CC1. The first-order valence-electron chi connectivity index (χ1n) is 9.75. The first-order valence-corrected chi connectivity index (χ1v) is 11.6. The van der Waals surface area contributed by atoms with Crippen molar-refractivity contribution >= 4 is 21.8 Å². The lowest BCUT2D eigenvalue weighted by molar-refractivity contribution is -0.133. The van der Waals surface area contributed by atoms with Gasteiger partial charge in [0.1, 0.15) is 5.60 Å². The normalized spacial score (nSPS) is 29.1. The molecule has 3 aliphatic rings. The van der Waals surface area contributed by atoms with Gasteiger partial charge in [-0.1, -0.05) is 0 Å². The molecule has 0 N–H and O–H groups in total. The molecule has 0 spiro atoms. The summed E-state index contributed by atoms with van der Waals surface area (Å²) in [4.78, 5) is 30.7. The molecule has 2 atom stereocenters. The van der Waals surface area contributed by atoms with Crippen LogP contribution in [-0.4, -0.2) is 97.5 Å². The number of ether oxygens (including phenoxy) is 1. The smallest absolute Gasteiger partial charge is 0.410 e. The Balaban J connectivity index is 1.46. The molecule has 8 nitrogen and oxygen atoms in total. The molecule has 0 aliphatic carbocycles. The van der Waals surface area contributed by atoms with Crippen molar-refractivity contribution in [1.82, 2.24) is 14.7 Å². The number of hydrogen-bond acceptors (Lipinski definition) is 6. The second-order valence-corrected chi connectivity index (χ2v) is 11.1. The van der Waals surface area contributed by atoms with Crippen molar-refractivity contribution in [3.63, 3.8) is 0 Å². The minimum absolute atomic E-state index is 0.00155. The number of piperazine rings is 1. The summed E-state index contributed by atoms with van der Waals surface area (Å²) in [7, 11) is -3.04. The van der Waals surface area contributed by atoms with Gasteiger partial charge in [-0.25, -0.2) is 13.2 Å². The lowest BCUT2D eigenvalue weighted by atomic mass is 10.1. The maximum atomic E-state index is 12.6. The summed E-state index contributed by atoms with van der Waals surface area (Å²) < 4.78 is 28.7. The number of carbonyl (C=O) groups is 2. The third-order valence-corrected chi connectivity index (χ3v) is 7.31. The van der Waals surface area contributed by atoms with E-state index < -0.39 is 15.4 Å². The summed E-state index contributed by atoms with van der Waals surface area (Å²) in [5, 5.41) is 0. The van der Waals surface area contributed by atoms with E-state index in [1.54, 1.807) is 4.90 Å². The Morgan fingerprint density at radius 2 is 1.63 bits per heavy atom. The van der Waals surface area contributed by atoms with E-state index in [0.29, 0.717) is 32.6 Å². The van der Waals surface area contributed by atoms with Crippen LogP contribution < -0.4 is 0 Å². The Kier molecular flexibility index (Phi) is 5.72. The minimum Gasteiger partial charge on any atom is -0.444 e. The lowest BCUT2D eigenvalue weighted by Gasteiger charge is -2.38. The number of sulfone groups is 1. The molecule has 3 heterocycles. The van der Waals surface area contributed by atoms with Gasteiger partial charge in [-0.15, -0.1) is 0 Å². The molecule has 0 aromatic heterocycles. The fourth-order valence-electron chi connectivity index (χ4n) is 4.08. The van der Waals surface area contributed by atoms with E-state index in [9.17, 15) is 18.0 Å². The highest BCUT2D eigenvalue weighted by Crippen LogP contribution is 2.25. The molecule has 0 aromatic carbocycles. The molecule has 3 rings (SSSR count). The van der Waals surface area contributed by atoms with Gasteiger partial charge in [0.05, 0.1) is 17.4 Å². The Morgan fingerprint density at radius 3 is 2.19 bits per heavy atom. The highest BCUT2D eigenvalue weighted by atomic mass is 32.2. The van der Waals surface area contributed by atoms with E-state index in [2.05, 4.69) is 4.90 Å². The van der Waals surface area contributed by atoms with Crippen LogP contribution in [0.3, 0.4) is 0 Å². The summed E-state index contributed by atoms with van der Waals surface area (Å²) in [6.45, 7) is 9.71. The van der Waals surface area contributed by atoms with Crippen molar-refractivity contribution in [3.8, 4) is 0 Å². The van der Waals surface area contributed by atoms with E-state index in [0.717, 1.165) is 19.5 Å². The van der Waals surface area contributed by atoms with Crippen LogP contribution in [0.1, 0.15) is 33.6 Å². The number of amides is 2. The number of rotatable bonds is 2. The van der Waals surface area contributed by atoms with E-state index in [1.165, 1.54) is 0 Å². The third kappa shape index (κ3) is 5.13. The van der Waals surface area contributed by atoms with Crippen LogP contribution in [0.2, 0.25) is 0 Å². The second-order valence-electron chi connectivity index (χ2n) is 8.83. The van der Waals surface area contributed by atoms with Crippen LogP contribution in [0.5, 0.6) is 0 Å². The molecule has 0 bridgehead atoms. The first-order chi connectivity index (χ1) is 12.5. The van der Waals surface area contributed by atoms with Crippen LogP contribution in [0.25, 0.3) is 0 Å². The second kappa shape index (κ2) is 7.58. The number of carbonyl (C=O) groups excluding carboxylic acids is 2. The van der Waals surface area contributed by atoms with Crippen molar-refractivity contribution in [2.24, 2.45) is 5.92 Å². The van der Waals surface area contributed by atoms with Gasteiger partial charge in [-0.2, -0.15) is 0 Å². The van der Waals surface area contributed by atoms with E-state index in [-0.39, 0.29) is 35.5 Å². The number of nitrogens with zero attached hydrogens (tertiary/aromatic N) is 3. The van der Waals surface area contributed by atoms with Crippen LogP contribution in [0, 0.1) is 5.92 Å². The predicted molar refractivity (Wildman–Crippen MR) is 101 cm³/mol. The topological polar surface area (TPSA) is 87.2 Å². The Labute approximate surface area is 161 Å². The largest absolute Gasteiger partial charge is 0.444 e. The summed E-state index contributed by atoms with van der Waals surface area (Å²) in [5.41, 5.74) is -0.492. The summed E-state index contributed by atoms with van der Waals surface area (Å²) in [6.07, 6.45) is 1.09. The van der Waals surface area contributed by atoms with Gasteiger partial charge in [0.15, 0.2) is 9.84 Å². The van der Waals surface area contributed by atoms with Gasteiger partial charge in [-0.3, -0.25) is 9.69 Å². The van der Waals surface area contributed by atoms with Gasteiger partial charge in [0, 0.05) is 45.3 Å². The van der Waals surface area contributed by atoms with Crippen LogP contribution >= 0.6 is 0 Å². The molecule has 0 saturated carbocycles. The van der Waals surface area contributed by atoms with Gasteiger partial charge in [-0.05, 0) is 33.6 Å². The molecular formula is C18H31N3O5S. The van der Waals surface area contributed by atoms with Gasteiger partial charge in [0.2, 0.25) is 5.91 Å². The van der Waals surface area contributed by atoms with E-state index >= 15 is 0 Å². The quantitative estimate of drug-likeness (QED) is 0.673. The maximum absolute atomic E-state index is 12.6. The average molecular weight is 402 g/mol. The van der Waals surface area contributed by atoms with Crippen molar-refractivity contribution in [2.45, 2.75) is 45.3 Å². The highest BCUT2D eigenvalue weighted by molar-refractivity contribution is 7.91. The Morgan fingerprint density at radius 1 is 0.963 bits per heavy atom. The molecule has 2 amide bonds. The molecule has 9 heteroatoms. The molecular weight excluding hydrogens is 370 g/mol. The van der Waals surface area contributed by atoms with Crippen LogP contribution in [0.15, 0.2) is 0 Å². The van der Waals surface area contributed by atoms with Gasteiger partial charge >= 0.3 is 6.09 Å². The Bertz CT molecular complexity index is 680. The molecule has 3 aliphatic heterocycles. The van der Waals surface area contributed by atoms with E-state index in [1.807, 2.05) is 25.7 Å². The summed E-state index contributed by atoms with van der Waals surface area (Å²) in [6, 6.07) is 0.285. The number of likely N-dealkylation sites (tertiary alicyclic amines) is 1. The maximum Gasteiger partial charge on any atom is 0.410 e. The Hall–Kier alpha value is -1.35. The molecule has 154 valence electrons. The molecule has 3 fully saturated rings. The van der Waals surface area contributed by atoms with Crippen LogP contribution in [0.4, 0.5) is 4.79 Å². The fourth-order valence-corrected chi connectivity index (χ4v) is 5.82. The zero-order chi connectivity index (χ0) is 19.8. The summed E-state index contributed by atoms with van der Waals surface area (Å²) >= 11 is 0.